The van der Waals surface area contributed by atoms with E-state index in [1.165, 1.54) is 10.4 Å². The maximum Gasteiger partial charge on any atom is 0.240 e. The molecule has 1 amide bonds. The Balaban J connectivity index is 1.91. The first kappa shape index (κ1) is 11.6. The van der Waals surface area contributed by atoms with Gasteiger partial charge in [0.1, 0.15) is 0 Å². The van der Waals surface area contributed by atoms with Gasteiger partial charge >= 0.3 is 0 Å². The van der Waals surface area contributed by atoms with Gasteiger partial charge in [-0.1, -0.05) is 12.8 Å². The van der Waals surface area contributed by atoms with Crippen molar-refractivity contribution in [1.82, 2.24) is 5.32 Å². The van der Waals surface area contributed by atoms with Gasteiger partial charge in [-0.3, -0.25) is 4.79 Å². The lowest BCUT2D eigenvalue weighted by Crippen LogP contribution is -2.51. The van der Waals surface area contributed by atoms with Gasteiger partial charge < -0.3 is 11.1 Å². The van der Waals surface area contributed by atoms with E-state index in [2.05, 4.69) is 18.3 Å². The highest BCUT2D eigenvalue weighted by atomic mass is 32.1. The molecule has 1 heterocycles. The summed E-state index contributed by atoms with van der Waals surface area (Å²) in [7, 11) is 0. The number of nitrogens with two attached hydrogens (primary N) is 1. The lowest BCUT2D eigenvalue weighted by atomic mass is 9.98. The molecule has 1 saturated carbocycles. The molecule has 1 aliphatic carbocycles. The molecule has 4 heteroatoms. The summed E-state index contributed by atoms with van der Waals surface area (Å²) in [6.07, 6.45) is 3.79. The molecule has 0 atom stereocenters. The lowest BCUT2D eigenvalue weighted by Gasteiger charge is -2.22. The Kier molecular flexibility index (Phi) is 3.30. The van der Waals surface area contributed by atoms with Crippen LogP contribution in [0, 0.1) is 6.92 Å². The Hall–Kier alpha value is -0.870. The summed E-state index contributed by atoms with van der Waals surface area (Å²) in [6.45, 7) is 2.67. The predicted octanol–water partition coefficient (Wildman–Crippen LogP) is 1.94. The van der Waals surface area contributed by atoms with E-state index in [0.717, 1.165) is 25.7 Å². The first-order chi connectivity index (χ1) is 7.62. The third-order valence-corrected chi connectivity index (χ3v) is 4.35. The zero-order chi connectivity index (χ0) is 11.6. The summed E-state index contributed by atoms with van der Waals surface area (Å²) in [4.78, 5) is 13.2. The van der Waals surface area contributed by atoms with E-state index in [0.29, 0.717) is 6.54 Å². The fourth-order valence-corrected chi connectivity index (χ4v) is 3.00. The molecule has 0 spiro atoms. The van der Waals surface area contributed by atoms with Crippen LogP contribution >= 0.6 is 11.3 Å². The van der Waals surface area contributed by atoms with Gasteiger partial charge in [0.25, 0.3) is 0 Å². The van der Waals surface area contributed by atoms with Crippen molar-refractivity contribution < 1.29 is 4.79 Å². The smallest absolute Gasteiger partial charge is 0.240 e. The van der Waals surface area contributed by atoms with Gasteiger partial charge in [-0.15, -0.1) is 11.3 Å². The number of carbonyl (C=O) groups is 1. The molecule has 0 saturated heterocycles. The summed E-state index contributed by atoms with van der Waals surface area (Å²) in [5, 5.41) is 5.00. The molecule has 1 aliphatic rings. The summed E-state index contributed by atoms with van der Waals surface area (Å²) in [5.74, 6) is 0.0119. The number of thiophene rings is 1. The Labute approximate surface area is 100 Å². The van der Waals surface area contributed by atoms with Crippen LogP contribution in [0.4, 0.5) is 0 Å². The SMILES string of the molecule is Cc1ccsc1CNC(=O)C1(N)CCCC1. The number of carbonyl (C=O) groups excluding carboxylic acids is 1. The van der Waals surface area contributed by atoms with Crippen LogP contribution in [-0.2, 0) is 11.3 Å². The maximum absolute atomic E-state index is 11.9. The summed E-state index contributed by atoms with van der Waals surface area (Å²) in [6, 6.07) is 2.07. The largest absolute Gasteiger partial charge is 0.350 e. The van der Waals surface area contributed by atoms with Gasteiger partial charge in [-0.05, 0) is 36.8 Å². The van der Waals surface area contributed by atoms with Crippen LogP contribution in [0.15, 0.2) is 11.4 Å². The Morgan fingerprint density at radius 1 is 1.56 bits per heavy atom. The number of rotatable bonds is 3. The molecule has 3 N–H and O–H groups in total. The molecule has 0 aromatic carbocycles. The van der Waals surface area contributed by atoms with E-state index in [4.69, 9.17) is 5.73 Å². The van der Waals surface area contributed by atoms with Gasteiger partial charge in [0.15, 0.2) is 0 Å². The number of nitrogens with one attached hydrogen (secondary N) is 1. The first-order valence-corrected chi connectivity index (χ1v) is 6.60. The lowest BCUT2D eigenvalue weighted by molar-refractivity contribution is -0.126. The molecule has 2 rings (SSSR count). The van der Waals surface area contributed by atoms with Crippen molar-refractivity contribution in [1.29, 1.82) is 0 Å². The average molecular weight is 238 g/mol. The molecule has 1 fully saturated rings. The minimum Gasteiger partial charge on any atom is -0.350 e. The molecule has 0 aliphatic heterocycles. The van der Waals surface area contributed by atoms with Crippen molar-refractivity contribution >= 4 is 17.2 Å². The van der Waals surface area contributed by atoms with E-state index in [9.17, 15) is 4.79 Å². The topological polar surface area (TPSA) is 55.1 Å². The molecule has 0 bridgehead atoms. The Morgan fingerprint density at radius 2 is 2.25 bits per heavy atom. The predicted molar refractivity (Wildman–Crippen MR) is 66.3 cm³/mol. The summed E-state index contributed by atoms with van der Waals surface area (Å²) >= 11 is 1.68. The quantitative estimate of drug-likeness (QED) is 0.845. The molecule has 0 radical (unpaired) electrons. The average Bonchev–Trinajstić information content (AvgIpc) is 2.85. The highest BCUT2D eigenvalue weighted by Crippen LogP contribution is 2.27. The van der Waals surface area contributed by atoms with Gasteiger partial charge in [0, 0.05) is 4.88 Å². The van der Waals surface area contributed by atoms with E-state index >= 15 is 0 Å². The number of amides is 1. The highest BCUT2D eigenvalue weighted by Gasteiger charge is 2.36. The Bertz CT molecular complexity index is 380. The normalized spacial score (nSPS) is 18.6. The van der Waals surface area contributed by atoms with Crippen molar-refractivity contribution in [2.45, 2.75) is 44.7 Å². The van der Waals surface area contributed by atoms with E-state index in [1.807, 2.05) is 5.38 Å². The van der Waals surface area contributed by atoms with E-state index in [-0.39, 0.29) is 5.91 Å². The monoisotopic (exact) mass is 238 g/mol. The Morgan fingerprint density at radius 3 is 2.81 bits per heavy atom. The second-order valence-electron chi connectivity index (χ2n) is 4.57. The van der Waals surface area contributed by atoms with E-state index < -0.39 is 5.54 Å². The highest BCUT2D eigenvalue weighted by molar-refractivity contribution is 7.10. The van der Waals surface area contributed by atoms with Gasteiger partial charge in [-0.25, -0.2) is 0 Å². The third kappa shape index (κ3) is 2.28. The molecule has 16 heavy (non-hydrogen) atoms. The number of hydrogen-bond acceptors (Lipinski definition) is 3. The second kappa shape index (κ2) is 4.55. The summed E-state index contributed by atoms with van der Waals surface area (Å²) < 4.78 is 0. The molecule has 1 aromatic heterocycles. The molecule has 1 aromatic rings. The fourth-order valence-electron chi connectivity index (χ4n) is 2.15. The van der Waals surface area contributed by atoms with Gasteiger partial charge in [-0.2, -0.15) is 0 Å². The zero-order valence-electron chi connectivity index (χ0n) is 9.58. The number of hydrogen-bond donors (Lipinski definition) is 2. The van der Waals surface area contributed by atoms with Crippen LogP contribution in [0.3, 0.4) is 0 Å². The van der Waals surface area contributed by atoms with E-state index in [1.54, 1.807) is 11.3 Å². The minimum absolute atomic E-state index is 0.0119. The summed E-state index contributed by atoms with van der Waals surface area (Å²) in [5.41, 5.74) is 6.70. The third-order valence-electron chi connectivity index (χ3n) is 3.33. The van der Waals surface area contributed by atoms with Crippen LogP contribution in [0.5, 0.6) is 0 Å². The number of aryl methyl sites for hydroxylation is 1. The van der Waals surface area contributed by atoms with Crippen LogP contribution in [0.2, 0.25) is 0 Å². The second-order valence-corrected chi connectivity index (χ2v) is 5.57. The van der Waals surface area contributed by atoms with Crippen molar-refractivity contribution in [3.8, 4) is 0 Å². The van der Waals surface area contributed by atoms with Crippen molar-refractivity contribution in [2.24, 2.45) is 5.73 Å². The maximum atomic E-state index is 11.9. The van der Waals surface area contributed by atoms with Crippen molar-refractivity contribution in [2.75, 3.05) is 0 Å². The fraction of sp³-hybridized carbons (Fsp3) is 0.583. The minimum atomic E-state index is -0.606. The molecular weight excluding hydrogens is 220 g/mol. The van der Waals surface area contributed by atoms with Gasteiger partial charge in [0.2, 0.25) is 5.91 Å². The van der Waals surface area contributed by atoms with Crippen molar-refractivity contribution in [3.05, 3.63) is 21.9 Å². The molecule has 3 nitrogen and oxygen atoms in total. The zero-order valence-corrected chi connectivity index (χ0v) is 10.4. The van der Waals surface area contributed by atoms with Gasteiger partial charge in [0.05, 0.1) is 12.1 Å². The molecule has 0 unspecified atom stereocenters. The molecule has 88 valence electrons. The standard InChI is InChI=1S/C12H18N2OS/c1-9-4-7-16-10(9)8-14-11(15)12(13)5-2-3-6-12/h4,7H,2-3,5-6,8,13H2,1H3,(H,14,15). The van der Waals surface area contributed by atoms with Crippen LogP contribution in [0.25, 0.3) is 0 Å². The molecular formula is C12H18N2OS. The van der Waals surface area contributed by atoms with Crippen LogP contribution in [-0.4, -0.2) is 11.4 Å². The van der Waals surface area contributed by atoms with Crippen molar-refractivity contribution in [3.63, 3.8) is 0 Å². The van der Waals surface area contributed by atoms with Crippen LogP contribution < -0.4 is 11.1 Å². The van der Waals surface area contributed by atoms with Crippen LogP contribution in [0.1, 0.15) is 36.1 Å². The first-order valence-electron chi connectivity index (χ1n) is 5.72.